The van der Waals surface area contributed by atoms with E-state index in [9.17, 15) is 9.59 Å². The number of hydrogen-bond donors (Lipinski definition) is 2. The normalized spacial score (nSPS) is 10.2. The zero-order valence-electron chi connectivity index (χ0n) is 10.9. The van der Waals surface area contributed by atoms with Crippen molar-refractivity contribution in [3.05, 3.63) is 32.9 Å². The summed E-state index contributed by atoms with van der Waals surface area (Å²) in [5, 5.41) is 11.4. The molecule has 1 aromatic rings. The van der Waals surface area contributed by atoms with E-state index in [0.29, 0.717) is 13.0 Å². The summed E-state index contributed by atoms with van der Waals surface area (Å²) in [6, 6.07) is 5.76. The van der Waals surface area contributed by atoms with E-state index in [1.54, 1.807) is 0 Å². The number of unbranched alkanes of at least 4 members (excludes halogenated alkanes) is 2. The van der Waals surface area contributed by atoms with Gasteiger partial charge in [-0.25, -0.2) is 0 Å². The Morgan fingerprint density at radius 3 is 2.63 bits per heavy atom. The van der Waals surface area contributed by atoms with Crippen molar-refractivity contribution in [2.45, 2.75) is 32.6 Å². The summed E-state index contributed by atoms with van der Waals surface area (Å²) < 4.78 is 0.945. The predicted molar refractivity (Wildman–Crippen MR) is 82.3 cm³/mol. The molecule has 0 unspecified atom stereocenters. The highest BCUT2D eigenvalue weighted by Crippen LogP contribution is 2.16. The summed E-state index contributed by atoms with van der Waals surface area (Å²) in [6.07, 6.45) is 2.48. The first-order chi connectivity index (χ1) is 9.02. The van der Waals surface area contributed by atoms with Gasteiger partial charge in [0.1, 0.15) is 0 Å². The third kappa shape index (κ3) is 5.59. The van der Waals surface area contributed by atoms with E-state index in [-0.39, 0.29) is 12.3 Å². The zero-order chi connectivity index (χ0) is 14.3. The van der Waals surface area contributed by atoms with Crippen molar-refractivity contribution < 1.29 is 14.7 Å². The first kappa shape index (κ1) is 15.9. The van der Waals surface area contributed by atoms with Gasteiger partial charge in [0.05, 0.1) is 5.56 Å². The highest BCUT2D eigenvalue weighted by molar-refractivity contribution is 14.1. The van der Waals surface area contributed by atoms with Crippen LogP contribution in [0.25, 0.3) is 0 Å². The van der Waals surface area contributed by atoms with E-state index in [0.717, 1.165) is 27.5 Å². The maximum atomic E-state index is 12.0. The average molecular weight is 375 g/mol. The predicted octanol–water partition coefficient (Wildman–Crippen LogP) is 2.97. The van der Waals surface area contributed by atoms with E-state index in [4.69, 9.17) is 5.11 Å². The van der Waals surface area contributed by atoms with Gasteiger partial charge in [-0.3, -0.25) is 9.59 Å². The number of aliphatic carboxylic acids is 1. The van der Waals surface area contributed by atoms with Crippen LogP contribution in [-0.2, 0) is 4.79 Å². The summed E-state index contributed by atoms with van der Waals surface area (Å²) in [4.78, 5) is 22.3. The molecule has 1 amide bonds. The van der Waals surface area contributed by atoms with Crippen LogP contribution in [0.15, 0.2) is 18.2 Å². The van der Waals surface area contributed by atoms with Crippen molar-refractivity contribution >= 4 is 34.5 Å². The quantitative estimate of drug-likeness (QED) is 0.569. The van der Waals surface area contributed by atoms with E-state index in [2.05, 4.69) is 27.9 Å². The van der Waals surface area contributed by atoms with Gasteiger partial charge in [0.25, 0.3) is 5.91 Å². The van der Waals surface area contributed by atoms with E-state index in [1.165, 1.54) is 0 Å². The van der Waals surface area contributed by atoms with Crippen LogP contribution in [-0.4, -0.2) is 23.5 Å². The Bertz CT molecular complexity index is 440. The highest BCUT2D eigenvalue weighted by atomic mass is 127. The molecular formula is C14H18INO3. The maximum absolute atomic E-state index is 12.0. The minimum atomic E-state index is -0.765. The fourth-order valence-electron chi connectivity index (χ4n) is 1.79. The number of amides is 1. The van der Waals surface area contributed by atoms with Gasteiger partial charge in [-0.15, -0.1) is 0 Å². The van der Waals surface area contributed by atoms with Crippen molar-refractivity contribution in [3.63, 3.8) is 0 Å². The number of carboxylic acid groups (broad SMARTS) is 1. The molecule has 0 saturated carbocycles. The minimum absolute atomic E-state index is 0.0549. The second kappa shape index (κ2) is 8.14. The molecule has 0 aliphatic carbocycles. The number of benzene rings is 1. The van der Waals surface area contributed by atoms with Crippen molar-refractivity contribution in [1.82, 2.24) is 5.32 Å². The van der Waals surface area contributed by atoms with Crippen molar-refractivity contribution in [2.24, 2.45) is 0 Å². The Morgan fingerprint density at radius 1 is 1.26 bits per heavy atom. The molecule has 0 fully saturated rings. The first-order valence-corrected chi connectivity index (χ1v) is 7.35. The number of halogens is 1. The number of carboxylic acids is 1. The van der Waals surface area contributed by atoms with Crippen molar-refractivity contribution in [1.29, 1.82) is 0 Å². The summed E-state index contributed by atoms with van der Waals surface area (Å²) >= 11 is 2.16. The SMILES string of the molecule is Cc1cccc(I)c1C(=O)NCCCCCC(=O)O. The summed E-state index contributed by atoms with van der Waals surface area (Å²) in [5.74, 6) is -0.820. The van der Waals surface area contributed by atoms with Gasteiger partial charge in [0.2, 0.25) is 0 Å². The molecule has 19 heavy (non-hydrogen) atoms. The van der Waals surface area contributed by atoms with Crippen LogP contribution >= 0.6 is 22.6 Å². The van der Waals surface area contributed by atoms with Crippen molar-refractivity contribution in [2.75, 3.05) is 6.54 Å². The fraction of sp³-hybridized carbons (Fsp3) is 0.429. The van der Waals surface area contributed by atoms with Crippen LogP contribution in [0.1, 0.15) is 41.6 Å². The monoisotopic (exact) mass is 375 g/mol. The molecule has 0 aromatic heterocycles. The smallest absolute Gasteiger partial charge is 0.303 e. The van der Waals surface area contributed by atoms with Crippen LogP contribution in [0.2, 0.25) is 0 Å². The van der Waals surface area contributed by atoms with E-state index < -0.39 is 5.97 Å². The lowest BCUT2D eigenvalue weighted by Crippen LogP contribution is -2.26. The number of rotatable bonds is 7. The molecule has 4 nitrogen and oxygen atoms in total. The van der Waals surface area contributed by atoms with Crippen LogP contribution in [0.4, 0.5) is 0 Å². The van der Waals surface area contributed by atoms with Gasteiger partial charge < -0.3 is 10.4 Å². The molecule has 104 valence electrons. The molecule has 0 aliphatic heterocycles. The molecule has 2 N–H and O–H groups in total. The fourth-order valence-corrected chi connectivity index (χ4v) is 2.67. The first-order valence-electron chi connectivity index (χ1n) is 6.27. The van der Waals surface area contributed by atoms with Crippen LogP contribution in [0.5, 0.6) is 0 Å². The minimum Gasteiger partial charge on any atom is -0.481 e. The molecule has 0 saturated heterocycles. The Balaban J connectivity index is 2.34. The Morgan fingerprint density at radius 2 is 2.00 bits per heavy atom. The van der Waals surface area contributed by atoms with Crippen LogP contribution in [0, 0.1) is 10.5 Å². The van der Waals surface area contributed by atoms with E-state index >= 15 is 0 Å². The number of nitrogens with one attached hydrogen (secondary N) is 1. The van der Waals surface area contributed by atoms with Crippen LogP contribution < -0.4 is 5.32 Å². The third-order valence-electron chi connectivity index (χ3n) is 2.80. The van der Waals surface area contributed by atoms with Gasteiger partial charge in [-0.1, -0.05) is 18.6 Å². The second-order valence-electron chi connectivity index (χ2n) is 4.39. The standard InChI is InChI=1S/C14H18INO3/c1-10-6-5-7-11(15)13(10)14(19)16-9-4-2-3-8-12(17)18/h5-7H,2-4,8-9H2,1H3,(H,16,19)(H,17,18). The number of hydrogen-bond acceptors (Lipinski definition) is 2. The summed E-state index contributed by atoms with van der Waals surface area (Å²) in [5.41, 5.74) is 1.70. The lowest BCUT2D eigenvalue weighted by atomic mass is 10.1. The molecule has 0 heterocycles. The largest absolute Gasteiger partial charge is 0.481 e. The second-order valence-corrected chi connectivity index (χ2v) is 5.55. The number of carbonyl (C=O) groups is 2. The van der Waals surface area contributed by atoms with Gasteiger partial charge in [0.15, 0.2) is 0 Å². The summed E-state index contributed by atoms with van der Waals surface area (Å²) in [7, 11) is 0. The van der Waals surface area contributed by atoms with Crippen LogP contribution in [0.3, 0.4) is 0 Å². The van der Waals surface area contributed by atoms with Gasteiger partial charge in [0, 0.05) is 16.5 Å². The topological polar surface area (TPSA) is 66.4 Å². The lowest BCUT2D eigenvalue weighted by Gasteiger charge is -2.09. The number of aryl methyl sites for hydroxylation is 1. The molecule has 0 spiro atoms. The Labute approximate surface area is 126 Å². The highest BCUT2D eigenvalue weighted by Gasteiger charge is 2.11. The molecule has 1 rings (SSSR count). The van der Waals surface area contributed by atoms with Gasteiger partial charge in [-0.05, 0) is 54.0 Å². The average Bonchev–Trinajstić information content (AvgIpc) is 2.33. The summed E-state index contributed by atoms with van der Waals surface area (Å²) in [6.45, 7) is 2.51. The molecule has 0 aliphatic rings. The molecule has 0 atom stereocenters. The van der Waals surface area contributed by atoms with Gasteiger partial charge >= 0.3 is 5.97 Å². The maximum Gasteiger partial charge on any atom is 0.303 e. The lowest BCUT2D eigenvalue weighted by molar-refractivity contribution is -0.137. The molecule has 5 heteroatoms. The molecule has 0 radical (unpaired) electrons. The Hall–Kier alpha value is -1.11. The zero-order valence-corrected chi connectivity index (χ0v) is 13.1. The molecule has 0 bridgehead atoms. The molecular weight excluding hydrogens is 357 g/mol. The van der Waals surface area contributed by atoms with E-state index in [1.807, 2.05) is 25.1 Å². The number of carbonyl (C=O) groups excluding carboxylic acids is 1. The van der Waals surface area contributed by atoms with Gasteiger partial charge in [-0.2, -0.15) is 0 Å². The Kier molecular flexibility index (Phi) is 6.83. The third-order valence-corrected chi connectivity index (χ3v) is 3.70. The van der Waals surface area contributed by atoms with Crippen molar-refractivity contribution in [3.8, 4) is 0 Å². The molecule has 1 aromatic carbocycles.